The minimum atomic E-state index is -0.0611. The van der Waals surface area contributed by atoms with Crippen molar-refractivity contribution in [1.82, 2.24) is 15.1 Å². The van der Waals surface area contributed by atoms with Gasteiger partial charge in [-0.25, -0.2) is 0 Å². The minimum absolute atomic E-state index is 0.0611. The van der Waals surface area contributed by atoms with Gasteiger partial charge in [-0.1, -0.05) is 24.6 Å². The average molecular weight is 382 g/mol. The van der Waals surface area contributed by atoms with Gasteiger partial charge in [0.2, 0.25) is 0 Å². The van der Waals surface area contributed by atoms with E-state index in [-0.39, 0.29) is 11.8 Å². The van der Waals surface area contributed by atoms with Crippen molar-refractivity contribution in [3.8, 4) is 0 Å². The van der Waals surface area contributed by atoms with Gasteiger partial charge >= 0.3 is 0 Å². The molecule has 0 radical (unpaired) electrons. The van der Waals surface area contributed by atoms with Crippen LogP contribution in [0.5, 0.6) is 0 Å². The Kier molecular flexibility index (Phi) is 5.81. The number of fused-ring (bicyclic) bond motifs is 1. The van der Waals surface area contributed by atoms with Crippen LogP contribution in [0.2, 0.25) is 0 Å². The normalized spacial score (nSPS) is 22.3. The first kappa shape index (κ1) is 19.2. The zero-order valence-corrected chi connectivity index (χ0v) is 16.9. The van der Waals surface area contributed by atoms with E-state index in [1.165, 1.54) is 24.8 Å². The zero-order chi connectivity index (χ0) is 19.5. The number of carbonyl (C=O) groups is 2. The van der Waals surface area contributed by atoms with Crippen molar-refractivity contribution in [1.29, 1.82) is 0 Å². The molecule has 0 spiro atoms. The third-order valence-electron chi connectivity index (χ3n) is 6.48. The Morgan fingerprint density at radius 3 is 2.93 bits per heavy atom. The molecule has 150 valence electrons. The second kappa shape index (κ2) is 8.48. The monoisotopic (exact) mass is 381 g/mol. The molecule has 0 bridgehead atoms. The van der Waals surface area contributed by atoms with Gasteiger partial charge in [-0.05, 0) is 69.3 Å². The average Bonchev–Trinajstić information content (AvgIpc) is 3.31. The third kappa shape index (κ3) is 3.86. The first-order valence-corrected chi connectivity index (χ1v) is 10.8. The number of carbonyl (C=O) groups excluding carboxylic acids is 2. The number of rotatable bonds is 6. The first-order chi connectivity index (χ1) is 13.7. The van der Waals surface area contributed by atoms with E-state index in [9.17, 15) is 9.59 Å². The van der Waals surface area contributed by atoms with Crippen LogP contribution in [-0.2, 0) is 6.54 Å². The van der Waals surface area contributed by atoms with Gasteiger partial charge in [0.05, 0.1) is 0 Å². The molecule has 2 amide bonds. The SMILES string of the molecule is CCN1CCCC1CN1Cc2c(C(=O)NCC3=CCCCC3)cccc2C1=O. The molecule has 5 nitrogen and oxygen atoms in total. The zero-order valence-electron chi connectivity index (χ0n) is 16.9. The smallest absolute Gasteiger partial charge is 0.254 e. The summed E-state index contributed by atoms with van der Waals surface area (Å²) in [6.07, 6.45) is 9.26. The van der Waals surface area contributed by atoms with Crippen LogP contribution < -0.4 is 5.32 Å². The summed E-state index contributed by atoms with van der Waals surface area (Å²) in [5, 5.41) is 3.07. The van der Waals surface area contributed by atoms with Crippen molar-refractivity contribution in [3.05, 3.63) is 46.5 Å². The highest BCUT2D eigenvalue weighted by atomic mass is 16.2. The van der Waals surface area contributed by atoms with E-state index in [2.05, 4.69) is 23.2 Å². The van der Waals surface area contributed by atoms with Crippen LogP contribution in [0.1, 0.15) is 71.7 Å². The fraction of sp³-hybridized carbons (Fsp3) is 0.565. The van der Waals surface area contributed by atoms with Crippen LogP contribution in [0.25, 0.3) is 0 Å². The van der Waals surface area contributed by atoms with Gasteiger partial charge < -0.3 is 10.2 Å². The quantitative estimate of drug-likeness (QED) is 0.769. The van der Waals surface area contributed by atoms with E-state index in [1.807, 2.05) is 23.1 Å². The summed E-state index contributed by atoms with van der Waals surface area (Å²) in [5.41, 5.74) is 3.57. The summed E-state index contributed by atoms with van der Waals surface area (Å²) in [6, 6.07) is 6.00. The molecule has 1 saturated heterocycles. The molecule has 0 saturated carbocycles. The number of hydrogen-bond acceptors (Lipinski definition) is 3. The lowest BCUT2D eigenvalue weighted by atomic mass is 9.99. The summed E-state index contributed by atoms with van der Waals surface area (Å²) in [4.78, 5) is 30.1. The largest absolute Gasteiger partial charge is 0.348 e. The molecule has 1 fully saturated rings. The van der Waals surface area contributed by atoms with E-state index >= 15 is 0 Å². The lowest BCUT2D eigenvalue weighted by Crippen LogP contribution is -2.40. The highest BCUT2D eigenvalue weighted by Gasteiger charge is 2.34. The molecule has 28 heavy (non-hydrogen) atoms. The van der Waals surface area contributed by atoms with E-state index in [0.717, 1.165) is 44.5 Å². The molecule has 1 aromatic carbocycles. The van der Waals surface area contributed by atoms with Crippen molar-refractivity contribution in [2.45, 2.75) is 58.0 Å². The summed E-state index contributed by atoms with van der Waals surface area (Å²) >= 11 is 0. The predicted octanol–water partition coefficient (Wildman–Crippen LogP) is 3.36. The molecule has 1 atom stereocenters. The van der Waals surface area contributed by atoms with Crippen LogP contribution in [-0.4, -0.2) is 53.8 Å². The number of hydrogen-bond donors (Lipinski definition) is 1. The lowest BCUT2D eigenvalue weighted by molar-refractivity contribution is 0.0730. The molecule has 2 heterocycles. The second-order valence-electron chi connectivity index (χ2n) is 8.23. The molecular formula is C23H31N3O2. The fourth-order valence-corrected chi connectivity index (χ4v) is 4.88. The molecule has 4 rings (SSSR count). The lowest BCUT2D eigenvalue weighted by Gasteiger charge is -2.27. The Morgan fingerprint density at radius 1 is 1.25 bits per heavy atom. The Bertz CT molecular complexity index is 786. The standard InChI is InChI=1S/C23H31N3O2/c1-2-25-13-7-10-18(25)15-26-16-21-19(11-6-12-20(21)23(26)28)22(27)24-14-17-8-4-3-5-9-17/h6,8,11-12,18H,2-5,7,9-10,13-16H2,1H3,(H,24,27). The van der Waals surface area contributed by atoms with Gasteiger partial charge in [-0.2, -0.15) is 0 Å². The summed E-state index contributed by atoms with van der Waals surface area (Å²) in [6.45, 7) is 6.27. The highest BCUT2D eigenvalue weighted by molar-refractivity contribution is 6.04. The Hall–Kier alpha value is -2.14. The maximum absolute atomic E-state index is 12.9. The molecular weight excluding hydrogens is 350 g/mol. The topological polar surface area (TPSA) is 52.6 Å². The van der Waals surface area contributed by atoms with Crippen molar-refractivity contribution in [2.75, 3.05) is 26.2 Å². The van der Waals surface area contributed by atoms with Gasteiger partial charge in [0.15, 0.2) is 0 Å². The number of benzene rings is 1. The summed E-state index contributed by atoms with van der Waals surface area (Å²) < 4.78 is 0. The fourth-order valence-electron chi connectivity index (χ4n) is 4.88. The number of likely N-dealkylation sites (N-methyl/N-ethyl adjacent to an activating group) is 1. The van der Waals surface area contributed by atoms with Gasteiger partial charge in [0, 0.05) is 36.8 Å². The van der Waals surface area contributed by atoms with Crippen LogP contribution in [0.3, 0.4) is 0 Å². The molecule has 5 heteroatoms. The predicted molar refractivity (Wildman–Crippen MR) is 110 cm³/mol. The minimum Gasteiger partial charge on any atom is -0.348 e. The summed E-state index contributed by atoms with van der Waals surface area (Å²) in [7, 11) is 0. The molecule has 1 aromatic rings. The highest BCUT2D eigenvalue weighted by Crippen LogP contribution is 2.28. The number of likely N-dealkylation sites (tertiary alicyclic amines) is 1. The second-order valence-corrected chi connectivity index (χ2v) is 8.23. The van der Waals surface area contributed by atoms with E-state index in [4.69, 9.17) is 0 Å². The van der Waals surface area contributed by atoms with Crippen LogP contribution in [0, 0.1) is 0 Å². The Morgan fingerprint density at radius 2 is 2.14 bits per heavy atom. The van der Waals surface area contributed by atoms with Crippen molar-refractivity contribution in [3.63, 3.8) is 0 Å². The maximum Gasteiger partial charge on any atom is 0.254 e. The van der Waals surface area contributed by atoms with Gasteiger partial charge in [-0.15, -0.1) is 0 Å². The molecule has 1 unspecified atom stereocenters. The van der Waals surface area contributed by atoms with Crippen LogP contribution >= 0.6 is 0 Å². The molecule has 3 aliphatic rings. The van der Waals surface area contributed by atoms with Crippen LogP contribution in [0.4, 0.5) is 0 Å². The van der Waals surface area contributed by atoms with Gasteiger partial charge in [-0.3, -0.25) is 14.5 Å². The van der Waals surface area contributed by atoms with Gasteiger partial charge in [0.25, 0.3) is 11.8 Å². The number of amides is 2. The maximum atomic E-state index is 12.9. The number of allylic oxidation sites excluding steroid dienone is 1. The van der Waals surface area contributed by atoms with Crippen molar-refractivity contribution < 1.29 is 9.59 Å². The Balaban J connectivity index is 1.44. The van der Waals surface area contributed by atoms with Crippen molar-refractivity contribution >= 4 is 11.8 Å². The molecule has 0 aromatic heterocycles. The molecule has 1 aliphatic carbocycles. The Labute approximate surface area is 167 Å². The summed E-state index contributed by atoms with van der Waals surface area (Å²) in [5.74, 6) is 0.0108. The number of nitrogens with one attached hydrogen (secondary N) is 1. The van der Waals surface area contributed by atoms with Gasteiger partial charge in [0.1, 0.15) is 0 Å². The third-order valence-corrected chi connectivity index (χ3v) is 6.48. The molecule has 2 aliphatic heterocycles. The van der Waals surface area contributed by atoms with Crippen LogP contribution in [0.15, 0.2) is 29.8 Å². The molecule has 1 N–H and O–H groups in total. The number of nitrogens with zero attached hydrogens (tertiary/aromatic N) is 2. The first-order valence-electron chi connectivity index (χ1n) is 10.8. The van der Waals surface area contributed by atoms with E-state index in [0.29, 0.717) is 30.3 Å². The van der Waals surface area contributed by atoms with E-state index < -0.39 is 0 Å². The van der Waals surface area contributed by atoms with E-state index in [1.54, 1.807) is 0 Å². The van der Waals surface area contributed by atoms with Crippen molar-refractivity contribution in [2.24, 2.45) is 0 Å².